The van der Waals surface area contributed by atoms with E-state index in [2.05, 4.69) is 10.0 Å². The first-order chi connectivity index (χ1) is 11.9. The number of halogens is 1. The van der Waals surface area contributed by atoms with Crippen molar-refractivity contribution < 1.29 is 26.4 Å². The van der Waals surface area contributed by atoms with Crippen LogP contribution >= 0.6 is 0 Å². The SMILES string of the molecule is O=C(Nc1cccc(F)c1)c1ccc(S(=O)(=O)NCc2ccco2)o1. The van der Waals surface area contributed by atoms with Gasteiger partial charge in [0, 0.05) is 5.69 Å². The third-order valence-corrected chi connectivity index (χ3v) is 4.44. The van der Waals surface area contributed by atoms with Gasteiger partial charge in [-0.25, -0.2) is 17.5 Å². The van der Waals surface area contributed by atoms with Gasteiger partial charge in [0.05, 0.1) is 12.8 Å². The monoisotopic (exact) mass is 364 g/mol. The minimum absolute atomic E-state index is 0.0547. The van der Waals surface area contributed by atoms with Crippen LogP contribution in [-0.2, 0) is 16.6 Å². The molecule has 0 atom stereocenters. The number of amides is 1. The molecule has 1 aromatic carbocycles. The molecule has 0 fully saturated rings. The van der Waals surface area contributed by atoms with Crippen LogP contribution in [-0.4, -0.2) is 14.3 Å². The first-order valence-electron chi connectivity index (χ1n) is 7.13. The van der Waals surface area contributed by atoms with Gasteiger partial charge in [-0.1, -0.05) is 6.07 Å². The molecule has 0 radical (unpaired) electrons. The maximum absolute atomic E-state index is 13.1. The molecule has 3 aromatic rings. The van der Waals surface area contributed by atoms with Crippen molar-refractivity contribution in [2.75, 3.05) is 5.32 Å². The average Bonchev–Trinajstić information content (AvgIpc) is 3.25. The van der Waals surface area contributed by atoms with Crippen molar-refractivity contribution in [3.63, 3.8) is 0 Å². The van der Waals surface area contributed by atoms with E-state index >= 15 is 0 Å². The fraction of sp³-hybridized carbons (Fsp3) is 0.0625. The van der Waals surface area contributed by atoms with E-state index in [1.165, 1.54) is 30.5 Å². The van der Waals surface area contributed by atoms with Crippen molar-refractivity contribution in [3.8, 4) is 0 Å². The molecule has 9 heteroatoms. The zero-order chi connectivity index (χ0) is 17.9. The van der Waals surface area contributed by atoms with E-state index in [1.54, 1.807) is 12.1 Å². The number of carbonyl (C=O) groups excluding carboxylic acids is 1. The van der Waals surface area contributed by atoms with Gasteiger partial charge >= 0.3 is 0 Å². The van der Waals surface area contributed by atoms with Gasteiger partial charge in [0.15, 0.2) is 5.76 Å². The number of hydrogen-bond acceptors (Lipinski definition) is 5. The van der Waals surface area contributed by atoms with Crippen LogP contribution in [0.25, 0.3) is 0 Å². The Morgan fingerprint density at radius 1 is 1.12 bits per heavy atom. The minimum Gasteiger partial charge on any atom is -0.468 e. The number of rotatable bonds is 6. The maximum atomic E-state index is 13.1. The van der Waals surface area contributed by atoms with E-state index in [0.29, 0.717) is 5.76 Å². The molecule has 7 nitrogen and oxygen atoms in total. The molecule has 130 valence electrons. The first kappa shape index (κ1) is 16.9. The molecule has 2 aromatic heterocycles. The van der Waals surface area contributed by atoms with Crippen LogP contribution in [0, 0.1) is 5.82 Å². The predicted octanol–water partition coefficient (Wildman–Crippen LogP) is 2.74. The number of furan rings is 2. The zero-order valence-corrected chi connectivity index (χ0v) is 13.5. The molecule has 0 aliphatic carbocycles. The highest BCUT2D eigenvalue weighted by atomic mass is 32.2. The summed E-state index contributed by atoms with van der Waals surface area (Å²) in [7, 11) is -3.95. The second-order valence-electron chi connectivity index (χ2n) is 4.99. The van der Waals surface area contributed by atoms with Crippen molar-refractivity contribution >= 4 is 21.6 Å². The van der Waals surface area contributed by atoms with E-state index in [1.807, 2.05) is 0 Å². The van der Waals surface area contributed by atoms with E-state index in [9.17, 15) is 17.6 Å². The fourth-order valence-corrected chi connectivity index (χ4v) is 2.92. The Bertz CT molecular complexity index is 980. The molecule has 0 aliphatic heterocycles. The molecule has 0 bridgehead atoms. The Balaban J connectivity index is 1.69. The molecule has 0 aliphatic rings. The highest BCUT2D eigenvalue weighted by Gasteiger charge is 2.21. The van der Waals surface area contributed by atoms with Crippen molar-refractivity contribution in [2.45, 2.75) is 11.6 Å². The number of benzene rings is 1. The van der Waals surface area contributed by atoms with Crippen LogP contribution in [0.3, 0.4) is 0 Å². The molecule has 0 unspecified atom stereocenters. The fourth-order valence-electron chi connectivity index (χ4n) is 2.00. The van der Waals surface area contributed by atoms with Gasteiger partial charge in [-0.15, -0.1) is 0 Å². The average molecular weight is 364 g/mol. The Morgan fingerprint density at radius 3 is 2.68 bits per heavy atom. The summed E-state index contributed by atoms with van der Waals surface area (Å²) in [6.45, 7) is -0.0547. The van der Waals surface area contributed by atoms with Gasteiger partial charge in [0.25, 0.3) is 15.9 Å². The van der Waals surface area contributed by atoms with E-state index in [0.717, 1.165) is 12.1 Å². The number of carbonyl (C=O) groups is 1. The third kappa shape index (κ3) is 4.14. The normalized spacial score (nSPS) is 11.4. The summed E-state index contributed by atoms with van der Waals surface area (Å²) in [4.78, 5) is 12.1. The summed E-state index contributed by atoms with van der Waals surface area (Å²) in [5.74, 6) is -0.998. The lowest BCUT2D eigenvalue weighted by Gasteiger charge is -2.04. The molecule has 0 spiro atoms. The van der Waals surface area contributed by atoms with Crippen LogP contribution in [0.5, 0.6) is 0 Å². The first-order valence-corrected chi connectivity index (χ1v) is 8.61. The Kier molecular flexibility index (Phi) is 4.68. The number of hydrogen-bond donors (Lipinski definition) is 2. The lowest BCUT2D eigenvalue weighted by Crippen LogP contribution is -2.22. The van der Waals surface area contributed by atoms with E-state index in [4.69, 9.17) is 8.83 Å². The van der Waals surface area contributed by atoms with Gasteiger partial charge < -0.3 is 14.2 Å². The predicted molar refractivity (Wildman–Crippen MR) is 85.8 cm³/mol. The second kappa shape index (κ2) is 6.91. The van der Waals surface area contributed by atoms with Crippen LogP contribution in [0.1, 0.15) is 16.3 Å². The molecule has 2 N–H and O–H groups in total. The van der Waals surface area contributed by atoms with E-state index in [-0.39, 0.29) is 18.0 Å². The maximum Gasteiger partial charge on any atom is 0.291 e. The van der Waals surface area contributed by atoms with Crippen molar-refractivity contribution in [1.82, 2.24) is 4.72 Å². The second-order valence-corrected chi connectivity index (χ2v) is 6.68. The Labute approximate surface area is 142 Å². The summed E-state index contributed by atoms with van der Waals surface area (Å²) in [5, 5.41) is 2.00. The third-order valence-electron chi connectivity index (χ3n) is 3.17. The largest absolute Gasteiger partial charge is 0.468 e. The van der Waals surface area contributed by atoms with Gasteiger partial charge in [-0.3, -0.25) is 4.79 Å². The summed E-state index contributed by atoms with van der Waals surface area (Å²) in [6.07, 6.45) is 1.42. The zero-order valence-electron chi connectivity index (χ0n) is 12.7. The highest BCUT2D eigenvalue weighted by molar-refractivity contribution is 7.89. The van der Waals surface area contributed by atoms with Crippen molar-refractivity contribution in [1.29, 1.82) is 0 Å². The van der Waals surface area contributed by atoms with Crippen LogP contribution in [0.4, 0.5) is 10.1 Å². The molecular weight excluding hydrogens is 351 g/mol. The van der Waals surface area contributed by atoms with Gasteiger partial charge in [-0.2, -0.15) is 0 Å². The van der Waals surface area contributed by atoms with Crippen LogP contribution in [0.15, 0.2) is 68.7 Å². The Morgan fingerprint density at radius 2 is 1.96 bits per heavy atom. The smallest absolute Gasteiger partial charge is 0.291 e. The molecule has 3 rings (SSSR count). The van der Waals surface area contributed by atoms with Gasteiger partial charge in [0.2, 0.25) is 5.09 Å². The summed E-state index contributed by atoms with van der Waals surface area (Å²) in [6, 6.07) is 10.9. The van der Waals surface area contributed by atoms with Gasteiger partial charge in [0.1, 0.15) is 11.6 Å². The molecule has 25 heavy (non-hydrogen) atoms. The molecule has 1 amide bonds. The lowest BCUT2D eigenvalue weighted by atomic mass is 10.3. The highest BCUT2D eigenvalue weighted by Crippen LogP contribution is 2.17. The lowest BCUT2D eigenvalue weighted by molar-refractivity contribution is 0.0991. The molecule has 0 saturated heterocycles. The number of anilines is 1. The minimum atomic E-state index is -3.95. The molecule has 0 saturated carbocycles. The number of sulfonamides is 1. The topological polar surface area (TPSA) is 102 Å². The van der Waals surface area contributed by atoms with Crippen LogP contribution in [0.2, 0.25) is 0 Å². The molecular formula is C16H13FN2O5S. The van der Waals surface area contributed by atoms with Gasteiger partial charge in [-0.05, 0) is 42.5 Å². The molecule has 2 heterocycles. The summed E-state index contributed by atoms with van der Waals surface area (Å²) in [5.41, 5.74) is 0.224. The van der Waals surface area contributed by atoms with Crippen LogP contribution < -0.4 is 10.0 Å². The van der Waals surface area contributed by atoms with E-state index < -0.39 is 26.8 Å². The summed E-state index contributed by atoms with van der Waals surface area (Å²) >= 11 is 0. The number of nitrogens with one attached hydrogen (secondary N) is 2. The summed E-state index contributed by atoms with van der Waals surface area (Å²) < 4.78 is 49.8. The quantitative estimate of drug-likeness (QED) is 0.700. The Hall–Kier alpha value is -2.91. The van der Waals surface area contributed by atoms with Crippen molar-refractivity contribution in [2.24, 2.45) is 0 Å². The standard InChI is InChI=1S/C16H13FN2O5S/c17-11-3-1-4-12(9-11)19-16(20)14-6-7-15(24-14)25(21,22)18-10-13-5-2-8-23-13/h1-9,18H,10H2,(H,19,20). The van der Waals surface area contributed by atoms with Crippen molar-refractivity contribution in [3.05, 3.63) is 72.1 Å².